The maximum Gasteiger partial charge on any atom is 0.257 e. The predicted molar refractivity (Wildman–Crippen MR) is 126 cm³/mol. The largest absolute Gasteiger partial charge is 0.472 e. The number of pyridine rings is 2. The number of ether oxygens (including phenoxy) is 3. The lowest BCUT2D eigenvalue weighted by atomic mass is 10.2. The highest BCUT2D eigenvalue weighted by molar-refractivity contribution is 6.04. The van der Waals surface area contributed by atoms with Gasteiger partial charge in [-0.15, -0.1) is 0 Å². The Morgan fingerprint density at radius 3 is 2.60 bits per heavy atom. The molecule has 3 aromatic rings. The first-order valence-electron chi connectivity index (χ1n) is 11.1. The highest BCUT2D eigenvalue weighted by atomic mass is 16.5. The molecule has 12 heteroatoms. The van der Waals surface area contributed by atoms with Gasteiger partial charge in [0.15, 0.2) is 5.82 Å². The minimum atomic E-state index is -0.418. The zero-order valence-electron chi connectivity index (χ0n) is 19.5. The van der Waals surface area contributed by atoms with E-state index in [1.165, 1.54) is 18.3 Å². The molecule has 0 bridgehead atoms. The fraction of sp³-hybridized carbons (Fsp3) is 0.348. The number of carbonyl (C=O) groups excluding carboxylic acids is 2. The molecule has 0 radical (unpaired) electrons. The Morgan fingerprint density at radius 2 is 1.91 bits per heavy atom. The molecule has 0 aromatic carbocycles. The molecule has 35 heavy (non-hydrogen) atoms. The summed E-state index contributed by atoms with van der Waals surface area (Å²) in [6.45, 7) is 4.99. The molecule has 4 rings (SSSR count). The van der Waals surface area contributed by atoms with Gasteiger partial charge in [0.2, 0.25) is 17.6 Å². The Bertz CT molecular complexity index is 1130. The van der Waals surface area contributed by atoms with E-state index in [1.807, 2.05) is 6.92 Å². The molecule has 0 aliphatic carbocycles. The molecule has 3 N–H and O–H groups in total. The maximum absolute atomic E-state index is 12.8. The number of carbonyl (C=O) groups is 2. The van der Waals surface area contributed by atoms with Gasteiger partial charge in [0.05, 0.1) is 17.7 Å². The van der Waals surface area contributed by atoms with Crippen molar-refractivity contribution in [1.82, 2.24) is 30.4 Å². The number of hydrogen-bond donors (Lipinski definition) is 3. The number of rotatable bonds is 9. The molecular weight excluding hydrogens is 454 g/mol. The normalized spacial score (nSPS) is 14.3. The second-order valence-electron chi connectivity index (χ2n) is 7.86. The van der Waals surface area contributed by atoms with Gasteiger partial charge >= 0.3 is 0 Å². The van der Waals surface area contributed by atoms with E-state index in [0.717, 1.165) is 13.1 Å². The van der Waals surface area contributed by atoms with Crippen LogP contribution in [0.2, 0.25) is 0 Å². The summed E-state index contributed by atoms with van der Waals surface area (Å²) in [5, 5.41) is 12.5. The molecule has 184 valence electrons. The number of methoxy groups -OCH3 is 1. The average molecular weight is 482 g/mol. The van der Waals surface area contributed by atoms with Gasteiger partial charge in [0.1, 0.15) is 6.10 Å². The summed E-state index contributed by atoms with van der Waals surface area (Å²) in [4.78, 5) is 35.8. The smallest absolute Gasteiger partial charge is 0.257 e. The summed E-state index contributed by atoms with van der Waals surface area (Å²) >= 11 is 0. The van der Waals surface area contributed by atoms with Crippen LogP contribution in [0.3, 0.4) is 0 Å². The molecule has 0 unspecified atom stereocenters. The minimum Gasteiger partial charge on any atom is -0.472 e. The molecule has 0 saturated carbocycles. The standard InChI is InChI=1S/C23H27N7O5/c1-15(14-33-2)34-20-11-17(22(31)27-18-5-6-26-29-18)12-21(28-20)35-19-4-3-16(13-25-19)23(32)30-9-7-24-8-10-30/h3-6,11-13,15,24H,7-10,14H2,1-2H3,(H2,26,27,29,31)/t15-/m1/s1. The molecule has 12 nitrogen and oxygen atoms in total. The van der Waals surface area contributed by atoms with E-state index in [4.69, 9.17) is 14.2 Å². The van der Waals surface area contributed by atoms with Gasteiger partial charge < -0.3 is 29.7 Å². The third-order valence-corrected chi connectivity index (χ3v) is 5.10. The second kappa shape index (κ2) is 11.4. The summed E-state index contributed by atoms with van der Waals surface area (Å²) in [7, 11) is 1.57. The van der Waals surface area contributed by atoms with Gasteiger partial charge in [0, 0.05) is 69.9 Å². The van der Waals surface area contributed by atoms with Crippen LogP contribution in [0.5, 0.6) is 17.6 Å². The molecular formula is C23H27N7O5. The van der Waals surface area contributed by atoms with Crippen molar-refractivity contribution >= 4 is 17.6 Å². The van der Waals surface area contributed by atoms with Crippen molar-refractivity contribution in [3.05, 3.63) is 53.9 Å². The summed E-state index contributed by atoms with van der Waals surface area (Å²) < 4.78 is 16.7. The Hall–Kier alpha value is -4.03. The zero-order chi connectivity index (χ0) is 24.6. The number of H-pyrrole nitrogens is 1. The van der Waals surface area contributed by atoms with Crippen LogP contribution < -0.4 is 20.1 Å². The van der Waals surface area contributed by atoms with Gasteiger partial charge in [0.25, 0.3) is 11.8 Å². The number of amides is 2. The summed E-state index contributed by atoms with van der Waals surface area (Å²) in [6, 6.07) is 7.84. The fourth-order valence-electron chi connectivity index (χ4n) is 3.44. The third kappa shape index (κ3) is 6.52. The predicted octanol–water partition coefficient (Wildman–Crippen LogP) is 1.70. The number of aromatic amines is 1. The summed E-state index contributed by atoms with van der Waals surface area (Å²) in [5.74, 6) is 0.380. The lowest BCUT2D eigenvalue weighted by molar-refractivity contribution is 0.0735. The molecule has 4 heterocycles. The lowest BCUT2D eigenvalue weighted by Crippen LogP contribution is -2.46. The van der Waals surface area contributed by atoms with Gasteiger partial charge in [-0.25, -0.2) is 4.98 Å². The molecule has 0 spiro atoms. The molecule has 1 fully saturated rings. The number of hydrogen-bond acceptors (Lipinski definition) is 9. The van der Waals surface area contributed by atoms with E-state index < -0.39 is 5.91 Å². The van der Waals surface area contributed by atoms with Crippen molar-refractivity contribution in [2.45, 2.75) is 13.0 Å². The van der Waals surface area contributed by atoms with E-state index in [1.54, 1.807) is 36.4 Å². The van der Waals surface area contributed by atoms with Crippen molar-refractivity contribution in [2.24, 2.45) is 0 Å². The summed E-state index contributed by atoms with van der Waals surface area (Å²) in [6.07, 6.45) is 2.75. The average Bonchev–Trinajstić information content (AvgIpc) is 3.37. The summed E-state index contributed by atoms with van der Waals surface area (Å²) in [5.41, 5.74) is 0.722. The van der Waals surface area contributed by atoms with Crippen LogP contribution in [-0.4, -0.2) is 82.9 Å². The molecule has 1 aliphatic heterocycles. The molecule has 1 saturated heterocycles. The van der Waals surface area contributed by atoms with Crippen LogP contribution >= 0.6 is 0 Å². The van der Waals surface area contributed by atoms with Crippen LogP contribution in [0.4, 0.5) is 5.82 Å². The monoisotopic (exact) mass is 481 g/mol. The van der Waals surface area contributed by atoms with Gasteiger partial charge in [-0.3, -0.25) is 14.7 Å². The number of nitrogens with zero attached hydrogens (tertiary/aromatic N) is 4. The van der Waals surface area contributed by atoms with Gasteiger partial charge in [-0.1, -0.05) is 0 Å². The van der Waals surface area contributed by atoms with E-state index >= 15 is 0 Å². The molecule has 1 atom stereocenters. The number of piperazine rings is 1. The number of nitrogens with one attached hydrogen (secondary N) is 3. The zero-order valence-corrected chi connectivity index (χ0v) is 19.5. The fourth-order valence-corrected chi connectivity index (χ4v) is 3.44. The van der Waals surface area contributed by atoms with E-state index in [-0.39, 0.29) is 35.2 Å². The van der Waals surface area contributed by atoms with Crippen molar-refractivity contribution in [3.8, 4) is 17.6 Å². The van der Waals surface area contributed by atoms with E-state index in [9.17, 15) is 9.59 Å². The highest BCUT2D eigenvalue weighted by Crippen LogP contribution is 2.24. The molecule has 3 aromatic heterocycles. The van der Waals surface area contributed by atoms with Crippen molar-refractivity contribution < 1.29 is 23.8 Å². The van der Waals surface area contributed by atoms with E-state index in [2.05, 4.69) is 30.8 Å². The second-order valence-corrected chi connectivity index (χ2v) is 7.86. The van der Waals surface area contributed by atoms with E-state index in [0.29, 0.717) is 31.1 Å². The Kier molecular flexibility index (Phi) is 7.85. The van der Waals surface area contributed by atoms with Crippen molar-refractivity contribution in [1.29, 1.82) is 0 Å². The number of anilines is 1. The molecule has 2 amide bonds. The van der Waals surface area contributed by atoms with Crippen LogP contribution in [0, 0.1) is 0 Å². The minimum absolute atomic E-state index is 0.0801. The van der Waals surface area contributed by atoms with Crippen molar-refractivity contribution in [2.75, 3.05) is 45.2 Å². The highest BCUT2D eigenvalue weighted by Gasteiger charge is 2.19. The van der Waals surface area contributed by atoms with Gasteiger partial charge in [-0.2, -0.15) is 10.1 Å². The van der Waals surface area contributed by atoms with Crippen LogP contribution in [0.1, 0.15) is 27.6 Å². The topological polar surface area (TPSA) is 144 Å². The maximum atomic E-state index is 12.8. The Labute approximate surface area is 202 Å². The molecule has 1 aliphatic rings. The van der Waals surface area contributed by atoms with Crippen molar-refractivity contribution in [3.63, 3.8) is 0 Å². The lowest BCUT2D eigenvalue weighted by Gasteiger charge is -2.27. The first-order chi connectivity index (χ1) is 17.0. The SMILES string of the molecule is COC[C@@H](C)Oc1cc(C(=O)Nc2cc[nH]n2)cc(Oc2ccc(C(=O)N3CCNCC3)cn2)n1. The Balaban J connectivity index is 1.51. The third-order valence-electron chi connectivity index (χ3n) is 5.10. The van der Waals surface area contributed by atoms with Crippen LogP contribution in [0.25, 0.3) is 0 Å². The number of aromatic nitrogens is 4. The van der Waals surface area contributed by atoms with Crippen LogP contribution in [0.15, 0.2) is 42.7 Å². The van der Waals surface area contributed by atoms with Gasteiger partial charge in [-0.05, 0) is 13.0 Å². The first kappa shape index (κ1) is 24.1. The van der Waals surface area contributed by atoms with Crippen LogP contribution in [-0.2, 0) is 4.74 Å². The Morgan fingerprint density at radius 1 is 1.11 bits per heavy atom. The quantitative estimate of drug-likeness (QED) is 0.416. The first-order valence-corrected chi connectivity index (χ1v) is 11.1.